The third kappa shape index (κ3) is 13.7. The molecule has 12 heteroatoms. The summed E-state index contributed by atoms with van der Waals surface area (Å²) in [6.07, 6.45) is 0.0606. The topological polar surface area (TPSA) is 105 Å². The molecule has 0 amide bonds. The molecule has 0 bridgehead atoms. The highest BCUT2D eigenvalue weighted by Gasteiger charge is 2.55. The molecule has 0 heterocycles. The smallest absolute Gasteiger partial charge is 0.449 e. The lowest BCUT2D eigenvalue weighted by Gasteiger charge is -2.38. The van der Waals surface area contributed by atoms with Crippen LogP contribution in [0.5, 0.6) is 0 Å². The molecule has 0 aromatic rings. The molecule has 0 aliphatic carbocycles. The Kier molecular flexibility index (Phi) is 18.2. The lowest BCUT2D eigenvalue weighted by atomic mass is 10.0. The summed E-state index contributed by atoms with van der Waals surface area (Å²) in [5, 5.41) is 0. The molecule has 8 nitrogen and oxygen atoms in total. The van der Waals surface area contributed by atoms with Crippen molar-refractivity contribution in [2.24, 2.45) is 5.92 Å². The Hall–Kier alpha value is -0.720. The fraction of sp³-hybridized carbons (Fsp3) is 0.810. The zero-order valence-corrected chi connectivity index (χ0v) is 22.8. The maximum atomic E-state index is 12.6. The zero-order valence-electron chi connectivity index (χ0n) is 19.2. The number of esters is 4. The van der Waals surface area contributed by atoms with Crippen LogP contribution in [-0.2, 0) is 38.1 Å². The first-order chi connectivity index (χ1) is 15.6. The molecule has 0 aromatic carbocycles. The Labute approximate surface area is 218 Å². The second-order valence-corrected chi connectivity index (χ2v) is 9.28. The van der Waals surface area contributed by atoms with Gasteiger partial charge in [-0.2, -0.15) is 50.5 Å². The van der Waals surface area contributed by atoms with Gasteiger partial charge in [0.15, 0.2) is 0 Å². The maximum absolute atomic E-state index is 12.6. The highest BCUT2D eigenvalue weighted by atomic mass is 32.1. The molecular formula is C21H36O8S4. The summed E-state index contributed by atoms with van der Waals surface area (Å²) >= 11 is 16.3. The molecule has 0 fully saturated rings. The van der Waals surface area contributed by atoms with Gasteiger partial charge in [-0.1, -0.05) is 13.8 Å². The van der Waals surface area contributed by atoms with E-state index in [0.717, 1.165) is 0 Å². The largest absolute Gasteiger partial charge is 0.463 e. The van der Waals surface area contributed by atoms with E-state index in [9.17, 15) is 19.2 Å². The van der Waals surface area contributed by atoms with E-state index in [-0.39, 0.29) is 25.7 Å². The summed E-state index contributed by atoms with van der Waals surface area (Å²) in [6.45, 7) is 3.33. The molecule has 0 saturated carbocycles. The van der Waals surface area contributed by atoms with E-state index in [4.69, 9.17) is 18.9 Å². The highest BCUT2D eigenvalue weighted by Crippen LogP contribution is 2.31. The predicted octanol–water partition coefficient (Wildman–Crippen LogP) is 3.68. The van der Waals surface area contributed by atoms with Crippen LogP contribution in [-0.4, -0.2) is 59.0 Å². The first kappa shape index (κ1) is 32.3. The number of thiol groups is 4. The quantitative estimate of drug-likeness (QED) is 0.118. The molecular weight excluding hydrogens is 508 g/mol. The first-order valence-corrected chi connectivity index (χ1v) is 13.5. The van der Waals surface area contributed by atoms with Crippen molar-refractivity contribution >= 4 is 74.4 Å². The molecule has 1 unspecified atom stereocenters. The minimum atomic E-state index is -2.56. The van der Waals surface area contributed by atoms with Crippen LogP contribution in [0.4, 0.5) is 0 Å². The summed E-state index contributed by atoms with van der Waals surface area (Å²) in [4.78, 5) is 50.2. The van der Waals surface area contributed by atoms with E-state index in [2.05, 4.69) is 50.5 Å². The van der Waals surface area contributed by atoms with E-state index >= 15 is 0 Å². The van der Waals surface area contributed by atoms with Crippen LogP contribution in [0.2, 0.25) is 0 Å². The molecule has 0 spiro atoms. The summed E-state index contributed by atoms with van der Waals surface area (Å²) < 4.78 is 22.0. The van der Waals surface area contributed by atoms with Crippen LogP contribution in [0.3, 0.4) is 0 Å². The Morgan fingerprint density at radius 3 is 1.18 bits per heavy atom. The van der Waals surface area contributed by atoms with Gasteiger partial charge in [-0.25, -0.2) is 0 Å². The Morgan fingerprint density at radius 1 is 0.606 bits per heavy atom. The molecule has 0 radical (unpaired) electrons. The van der Waals surface area contributed by atoms with Crippen molar-refractivity contribution in [3.8, 4) is 0 Å². The maximum Gasteiger partial charge on any atom is 0.463 e. The number of carbonyl (C=O) groups is 4. The summed E-state index contributed by atoms with van der Waals surface area (Å²) in [6, 6.07) is 0. The van der Waals surface area contributed by atoms with Crippen LogP contribution in [0.15, 0.2) is 0 Å². The van der Waals surface area contributed by atoms with Gasteiger partial charge in [0.05, 0.1) is 0 Å². The van der Waals surface area contributed by atoms with Crippen LogP contribution < -0.4 is 0 Å². The predicted molar refractivity (Wildman–Crippen MR) is 138 cm³/mol. The van der Waals surface area contributed by atoms with E-state index < -0.39 is 41.9 Å². The van der Waals surface area contributed by atoms with Crippen LogP contribution in [0.25, 0.3) is 0 Å². The van der Waals surface area contributed by atoms with E-state index in [1.54, 1.807) is 13.8 Å². The number of ether oxygens (including phenoxy) is 4. The van der Waals surface area contributed by atoms with Crippen LogP contribution >= 0.6 is 50.5 Å². The van der Waals surface area contributed by atoms with Gasteiger partial charge in [0, 0.05) is 31.6 Å². The Morgan fingerprint density at radius 2 is 0.909 bits per heavy atom. The average molecular weight is 545 g/mol. The molecule has 0 saturated heterocycles. The minimum Gasteiger partial charge on any atom is -0.449 e. The van der Waals surface area contributed by atoms with Gasteiger partial charge in [0.1, 0.15) is 0 Å². The van der Waals surface area contributed by atoms with Crippen LogP contribution in [0.1, 0.15) is 65.2 Å². The van der Waals surface area contributed by atoms with Gasteiger partial charge in [-0.05, 0) is 48.7 Å². The highest BCUT2D eigenvalue weighted by molar-refractivity contribution is 7.80. The fourth-order valence-electron chi connectivity index (χ4n) is 2.58. The lowest BCUT2D eigenvalue weighted by molar-refractivity contribution is -0.369. The van der Waals surface area contributed by atoms with E-state index in [0.29, 0.717) is 48.7 Å². The molecule has 0 aliphatic heterocycles. The van der Waals surface area contributed by atoms with Crippen molar-refractivity contribution in [3.63, 3.8) is 0 Å². The van der Waals surface area contributed by atoms with Gasteiger partial charge >= 0.3 is 29.9 Å². The van der Waals surface area contributed by atoms with Crippen molar-refractivity contribution in [3.05, 3.63) is 0 Å². The standard InChI is InChI=1S/C21H36O8S4/c1-15(2)20(26-16(22)7-3-11-30)21(27-17(23)8-4-12-31,28-18(24)9-5-13-32)29-19(25)10-6-14-33/h15,20,30-33H,3-14H2,1-2H3. The molecule has 33 heavy (non-hydrogen) atoms. The SMILES string of the molecule is CC(C)C(OC(=O)CCCS)C(OC(=O)CCCS)(OC(=O)CCCS)OC(=O)CCCS. The fourth-order valence-corrected chi connectivity index (χ4v) is 3.21. The van der Waals surface area contributed by atoms with E-state index in [1.165, 1.54) is 0 Å². The molecule has 192 valence electrons. The van der Waals surface area contributed by atoms with Crippen molar-refractivity contribution in [1.82, 2.24) is 0 Å². The number of hydrogen-bond acceptors (Lipinski definition) is 12. The first-order valence-electron chi connectivity index (χ1n) is 10.9. The van der Waals surface area contributed by atoms with Crippen LogP contribution in [0, 0.1) is 5.92 Å². The molecule has 0 aliphatic rings. The third-order valence-electron chi connectivity index (χ3n) is 4.14. The summed E-state index contributed by atoms with van der Waals surface area (Å²) in [5.74, 6) is -4.38. The zero-order chi connectivity index (χ0) is 25.3. The lowest BCUT2D eigenvalue weighted by Crippen LogP contribution is -2.57. The molecule has 0 aromatic heterocycles. The van der Waals surface area contributed by atoms with Crippen molar-refractivity contribution in [1.29, 1.82) is 0 Å². The van der Waals surface area contributed by atoms with Gasteiger partial charge in [-0.15, -0.1) is 0 Å². The Balaban J connectivity index is 6.21. The molecule has 0 rings (SSSR count). The minimum absolute atomic E-state index is 0.0393. The Bertz CT molecular complexity index is 560. The van der Waals surface area contributed by atoms with Gasteiger partial charge in [0.2, 0.25) is 6.10 Å². The van der Waals surface area contributed by atoms with E-state index in [1.807, 2.05) is 0 Å². The molecule has 0 N–H and O–H groups in total. The van der Waals surface area contributed by atoms with Crippen molar-refractivity contribution in [2.45, 2.75) is 77.3 Å². The average Bonchev–Trinajstić information content (AvgIpc) is 2.76. The van der Waals surface area contributed by atoms with Gasteiger partial charge in [0.25, 0.3) is 0 Å². The second kappa shape index (κ2) is 18.6. The number of rotatable bonds is 18. The molecule has 1 atom stereocenters. The number of hydrogen-bond donors (Lipinski definition) is 4. The van der Waals surface area contributed by atoms with Gasteiger partial charge in [-0.3, -0.25) is 19.2 Å². The second-order valence-electron chi connectivity index (χ2n) is 7.49. The third-order valence-corrected chi connectivity index (χ3v) is 5.40. The normalized spacial score (nSPS) is 12.2. The summed E-state index contributed by atoms with van der Waals surface area (Å²) in [7, 11) is 0. The number of carbonyl (C=O) groups excluding carboxylic acids is 4. The van der Waals surface area contributed by atoms with Gasteiger partial charge < -0.3 is 18.9 Å². The van der Waals surface area contributed by atoms with Crippen molar-refractivity contribution in [2.75, 3.05) is 23.0 Å². The van der Waals surface area contributed by atoms with Crippen molar-refractivity contribution < 1.29 is 38.1 Å². The monoisotopic (exact) mass is 544 g/mol. The summed E-state index contributed by atoms with van der Waals surface area (Å²) in [5.41, 5.74) is 0.